The number of hydrogen-bond acceptors (Lipinski definition) is 3. The van der Waals surface area contributed by atoms with Crippen LogP contribution in [0.15, 0.2) is 30.6 Å². The largest absolute Gasteiger partial charge is 0.485 e. The molecule has 16 heavy (non-hydrogen) atoms. The molecule has 0 aromatic carbocycles. The second-order valence-electron chi connectivity index (χ2n) is 4.13. The minimum Gasteiger partial charge on any atom is -0.485 e. The second-order valence-corrected chi connectivity index (χ2v) is 4.13. The van der Waals surface area contributed by atoms with E-state index in [-0.39, 0.29) is 6.10 Å². The summed E-state index contributed by atoms with van der Waals surface area (Å²) in [5, 5.41) is 7.60. The van der Waals surface area contributed by atoms with Gasteiger partial charge in [-0.3, -0.25) is 0 Å². The van der Waals surface area contributed by atoms with Gasteiger partial charge in [-0.05, 0) is 31.5 Å². The number of nitrogens with one attached hydrogen (secondary N) is 1. The van der Waals surface area contributed by atoms with Gasteiger partial charge >= 0.3 is 0 Å². The van der Waals surface area contributed by atoms with Crippen LogP contribution in [0.5, 0.6) is 5.75 Å². The fourth-order valence-corrected chi connectivity index (χ4v) is 2.10. The summed E-state index contributed by atoms with van der Waals surface area (Å²) in [5.74, 6) is 0.884. The predicted octanol–water partition coefficient (Wildman–Crippen LogP) is 1.47. The molecule has 1 aliphatic rings. The third-order valence-corrected chi connectivity index (χ3v) is 2.94. The Kier molecular flexibility index (Phi) is 2.50. The maximum Gasteiger partial charge on any atom is 0.165 e. The standard InChI is InChI=1S/C12H15N3O/c1-2-7-15-11(5-1)12(9-14-15)16-10-4-3-6-13-8-10/h1-2,5,7,9-10,13H,3-4,6,8H2. The van der Waals surface area contributed by atoms with E-state index in [2.05, 4.69) is 10.4 Å². The van der Waals surface area contributed by atoms with Crippen molar-refractivity contribution in [3.05, 3.63) is 30.6 Å². The predicted molar refractivity (Wildman–Crippen MR) is 61.7 cm³/mol. The van der Waals surface area contributed by atoms with E-state index in [1.54, 1.807) is 6.20 Å². The molecule has 0 spiro atoms. The Morgan fingerprint density at radius 3 is 3.31 bits per heavy atom. The Morgan fingerprint density at radius 2 is 2.44 bits per heavy atom. The zero-order valence-corrected chi connectivity index (χ0v) is 9.10. The average Bonchev–Trinajstić information content (AvgIpc) is 2.74. The lowest BCUT2D eigenvalue weighted by Gasteiger charge is -2.23. The van der Waals surface area contributed by atoms with Crippen LogP contribution in [-0.4, -0.2) is 28.8 Å². The topological polar surface area (TPSA) is 38.6 Å². The lowest BCUT2D eigenvalue weighted by Crippen LogP contribution is -2.37. The van der Waals surface area contributed by atoms with Gasteiger partial charge in [-0.25, -0.2) is 4.52 Å². The Labute approximate surface area is 94.2 Å². The molecule has 1 N–H and O–H groups in total. The number of fused-ring (bicyclic) bond motifs is 1. The second kappa shape index (κ2) is 4.14. The van der Waals surface area contributed by atoms with Gasteiger partial charge in [0.05, 0.1) is 6.20 Å². The van der Waals surface area contributed by atoms with Gasteiger partial charge in [-0.1, -0.05) is 6.07 Å². The SMILES string of the molecule is c1ccn2ncc(OC3CCCNC3)c2c1. The molecule has 4 nitrogen and oxygen atoms in total. The molecular weight excluding hydrogens is 202 g/mol. The fourth-order valence-electron chi connectivity index (χ4n) is 2.10. The number of rotatable bonds is 2. The van der Waals surface area contributed by atoms with Crippen molar-refractivity contribution in [3.63, 3.8) is 0 Å². The molecule has 1 unspecified atom stereocenters. The van der Waals surface area contributed by atoms with E-state index in [4.69, 9.17) is 4.74 Å². The summed E-state index contributed by atoms with van der Waals surface area (Å²) in [6, 6.07) is 5.99. The lowest BCUT2D eigenvalue weighted by atomic mass is 10.1. The first-order valence-electron chi connectivity index (χ1n) is 5.73. The van der Waals surface area contributed by atoms with Gasteiger partial charge < -0.3 is 10.1 Å². The van der Waals surface area contributed by atoms with E-state index < -0.39 is 0 Å². The lowest BCUT2D eigenvalue weighted by molar-refractivity contribution is 0.169. The van der Waals surface area contributed by atoms with Crippen molar-refractivity contribution in [1.82, 2.24) is 14.9 Å². The Bertz CT molecular complexity index is 474. The Morgan fingerprint density at radius 1 is 1.44 bits per heavy atom. The van der Waals surface area contributed by atoms with Crippen LogP contribution < -0.4 is 10.1 Å². The summed E-state index contributed by atoms with van der Waals surface area (Å²) in [6.07, 6.45) is 6.31. The van der Waals surface area contributed by atoms with Crippen molar-refractivity contribution < 1.29 is 4.74 Å². The molecule has 2 aromatic heterocycles. The molecule has 0 radical (unpaired) electrons. The minimum absolute atomic E-state index is 0.280. The fraction of sp³-hybridized carbons (Fsp3) is 0.417. The smallest absolute Gasteiger partial charge is 0.165 e. The van der Waals surface area contributed by atoms with Crippen molar-refractivity contribution in [1.29, 1.82) is 0 Å². The quantitative estimate of drug-likeness (QED) is 0.827. The highest BCUT2D eigenvalue weighted by atomic mass is 16.5. The highest BCUT2D eigenvalue weighted by Gasteiger charge is 2.16. The molecule has 0 aliphatic carbocycles. The van der Waals surface area contributed by atoms with E-state index in [9.17, 15) is 0 Å². The first-order valence-corrected chi connectivity index (χ1v) is 5.73. The van der Waals surface area contributed by atoms with Gasteiger partial charge in [0.1, 0.15) is 11.6 Å². The molecular formula is C12H15N3O. The van der Waals surface area contributed by atoms with Gasteiger partial charge in [-0.15, -0.1) is 0 Å². The van der Waals surface area contributed by atoms with Crippen LogP contribution in [0.3, 0.4) is 0 Å². The highest BCUT2D eigenvalue weighted by molar-refractivity contribution is 5.58. The van der Waals surface area contributed by atoms with Crippen molar-refractivity contribution in [2.24, 2.45) is 0 Å². The van der Waals surface area contributed by atoms with Gasteiger partial charge in [0.2, 0.25) is 0 Å². The normalized spacial score (nSPS) is 21.1. The van der Waals surface area contributed by atoms with Crippen molar-refractivity contribution in [2.75, 3.05) is 13.1 Å². The summed E-state index contributed by atoms with van der Waals surface area (Å²) in [5.41, 5.74) is 1.04. The van der Waals surface area contributed by atoms with Crippen molar-refractivity contribution in [3.8, 4) is 5.75 Å². The van der Waals surface area contributed by atoms with E-state index >= 15 is 0 Å². The summed E-state index contributed by atoms with van der Waals surface area (Å²) in [7, 11) is 0. The number of piperidine rings is 1. The summed E-state index contributed by atoms with van der Waals surface area (Å²) in [4.78, 5) is 0. The molecule has 4 heteroatoms. The van der Waals surface area contributed by atoms with E-state index in [0.29, 0.717) is 0 Å². The van der Waals surface area contributed by atoms with Crippen LogP contribution in [0.1, 0.15) is 12.8 Å². The Hall–Kier alpha value is -1.55. The van der Waals surface area contributed by atoms with Gasteiger partial charge in [0, 0.05) is 12.7 Å². The van der Waals surface area contributed by atoms with Crippen molar-refractivity contribution in [2.45, 2.75) is 18.9 Å². The molecule has 2 aromatic rings. The third-order valence-electron chi connectivity index (χ3n) is 2.94. The molecule has 0 bridgehead atoms. The van der Waals surface area contributed by atoms with Crippen LogP contribution in [-0.2, 0) is 0 Å². The number of ether oxygens (including phenoxy) is 1. The van der Waals surface area contributed by atoms with E-state index in [1.807, 2.05) is 28.9 Å². The number of nitrogens with zero attached hydrogens (tertiary/aromatic N) is 2. The number of hydrogen-bond donors (Lipinski definition) is 1. The van der Waals surface area contributed by atoms with Gasteiger partial charge in [0.15, 0.2) is 5.75 Å². The monoisotopic (exact) mass is 217 g/mol. The average molecular weight is 217 g/mol. The van der Waals surface area contributed by atoms with Crippen LogP contribution in [0.25, 0.3) is 5.52 Å². The van der Waals surface area contributed by atoms with Gasteiger partial charge in [-0.2, -0.15) is 5.10 Å². The van der Waals surface area contributed by atoms with Gasteiger partial charge in [0.25, 0.3) is 0 Å². The highest BCUT2D eigenvalue weighted by Crippen LogP contribution is 2.21. The minimum atomic E-state index is 0.280. The zero-order chi connectivity index (χ0) is 10.8. The van der Waals surface area contributed by atoms with Crippen molar-refractivity contribution >= 4 is 5.52 Å². The number of aromatic nitrogens is 2. The molecule has 1 fully saturated rings. The molecule has 1 aliphatic heterocycles. The molecule has 3 rings (SSSR count). The molecule has 1 atom stereocenters. The van der Waals surface area contributed by atoms with Crippen LogP contribution in [0, 0.1) is 0 Å². The maximum atomic E-state index is 5.96. The molecule has 84 valence electrons. The first kappa shape index (κ1) is 9.66. The molecule has 1 saturated heterocycles. The maximum absolute atomic E-state index is 5.96. The van der Waals surface area contributed by atoms with Crippen LogP contribution in [0.4, 0.5) is 0 Å². The summed E-state index contributed by atoms with van der Waals surface area (Å²) < 4.78 is 7.80. The van der Waals surface area contributed by atoms with E-state index in [0.717, 1.165) is 30.8 Å². The molecule has 3 heterocycles. The number of pyridine rings is 1. The first-order chi connectivity index (χ1) is 7.93. The van der Waals surface area contributed by atoms with E-state index in [1.165, 1.54) is 6.42 Å². The third kappa shape index (κ3) is 1.76. The summed E-state index contributed by atoms with van der Waals surface area (Å²) >= 11 is 0. The molecule has 0 amide bonds. The zero-order valence-electron chi connectivity index (χ0n) is 9.10. The summed E-state index contributed by atoms with van der Waals surface area (Å²) in [6.45, 7) is 2.04. The molecule has 0 saturated carbocycles. The Balaban J connectivity index is 1.83. The van der Waals surface area contributed by atoms with Crippen LogP contribution in [0.2, 0.25) is 0 Å². The van der Waals surface area contributed by atoms with Crippen LogP contribution >= 0.6 is 0 Å².